The number of methoxy groups -OCH3 is 2. The van der Waals surface area contributed by atoms with Gasteiger partial charge in [-0.2, -0.15) is 0 Å². The van der Waals surface area contributed by atoms with Gasteiger partial charge in [0, 0.05) is 76.6 Å². The van der Waals surface area contributed by atoms with Gasteiger partial charge in [0.1, 0.15) is 17.9 Å². The highest BCUT2D eigenvalue weighted by Crippen LogP contribution is 2.44. The quantitative estimate of drug-likeness (QED) is 0.139. The molecule has 1 amide bonds. The summed E-state index contributed by atoms with van der Waals surface area (Å²) >= 11 is 0. The molecule has 2 aliphatic heterocycles. The van der Waals surface area contributed by atoms with Crippen LogP contribution in [0.4, 0.5) is 10.2 Å². The Morgan fingerprint density at radius 3 is 2.28 bits per heavy atom. The first-order valence-corrected chi connectivity index (χ1v) is 18.0. The zero-order valence-corrected chi connectivity index (χ0v) is 32.0. The summed E-state index contributed by atoms with van der Waals surface area (Å²) in [6.07, 6.45) is 5.81. The molecule has 0 unspecified atom stereocenters. The van der Waals surface area contributed by atoms with Gasteiger partial charge in [-0.05, 0) is 70.7 Å². The maximum absolute atomic E-state index is 14.3. The lowest BCUT2D eigenvalue weighted by molar-refractivity contribution is -0.134. The molecule has 15 nitrogen and oxygen atoms in total. The zero-order chi connectivity index (χ0) is 39.1. The standard InChI is InChI=1S/C33H52FN7O4.C4H4O4/c1-8-41(24(4)5)32(42)27-16-25(34)11-12-29(27)45-31-30(36-22-37-38-31)39-15-13-33(19-39)20-40(21-33)28(23(2)3)10-9-14-35-26(17-43-6)18-44-7;5-3(6)1-2-4(7)8/h11-12,16,22-24,26,28,35H,8-10,13-15,17-21H2,1-7H3;1-2H,(H,5,6)(H,7,8)/b;2-1+/t28-;/m1./s1. The number of halogens is 1. The number of aromatic nitrogens is 3. The summed E-state index contributed by atoms with van der Waals surface area (Å²) in [5.74, 6) is -1.71. The average Bonchev–Trinajstić information content (AvgIpc) is 3.54. The summed E-state index contributed by atoms with van der Waals surface area (Å²) in [6.45, 7) is 16.9. The van der Waals surface area contributed by atoms with Gasteiger partial charge in [-0.1, -0.05) is 13.8 Å². The molecule has 3 N–H and O–H groups in total. The van der Waals surface area contributed by atoms with Crippen molar-refractivity contribution in [1.29, 1.82) is 0 Å². The lowest BCUT2D eigenvalue weighted by Crippen LogP contribution is -2.62. The summed E-state index contributed by atoms with van der Waals surface area (Å²) in [4.78, 5) is 43.5. The highest BCUT2D eigenvalue weighted by Gasteiger charge is 2.50. The number of anilines is 1. The van der Waals surface area contributed by atoms with Gasteiger partial charge in [0.15, 0.2) is 5.82 Å². The van der Waals surface area contributed by atoms with Gasteiger partial charge in [0.25, 0.3) is 11.8 Å². The third kappa shape index (κ3) is 12.7. The van der Waals surface area contributed by atoms with Crippen LogP contribution in [0.25, 0.3) is 0 Å². The minimum absolute atomic E-state index is 0.0451. The van der Waals surface area contributed by atoms with E-state index in [-0.39, 0.29) is 40.6 Å². The fraction of sp³-hybridized carbons (Fsp3) is 0.622. The maximum Gasteiger partial charge on any atom is 0.328 e. The molecule has 1 spiro atoms. The van der Waals surface area contributed by atoms with Crippen molar-refractivity contribution in [3.05, 3.63) is 48.1 Å². The van der Waals surface area contributed by atoms with Gasteiger partial charge >= 0.3 is 11.9 Å². The first kappa shape index (κ1) is 43.2. The molecule has 0 radical (unpaired) electrons. The monoisotopic (exact) mass is 745 g/mol. The fourth-order valence-electron chi connectivity index (χ4n) is 6.99. The van der Waals surface area contributed by atoms with E-state index in [9.17, 15) is 18.8 Å². The van der Waals surface area contributed by atoms with Crippen LogP contribution < -0.4 is 15.0 Å². The largest absolute Gasteiger partial charge is 0.478 e. The number of benzene rings is 1. The molecule has 2 saturated heterocycles. The number of nitrogens with one attached hydrogen (secondary N) is 1. The lowest BCUT2D eigenvalue weighted by Gasteiger charge is -2.53. The smallest absolute Gasteiger partial charge is 0.328 e. The van der Waals surface area contributed by atoms with Crippen LogP contribution in [0, 0.1) is 17.2 Å². The normalized spacial score (nSPS) is 15.9. The number of nitrogens with zero attached hydrogens (tertiary/aromatic N) is 6. The van der Waals surface area contributed by atoms with Crippen LogP contribution in [0.15, 0.2) is 36.7 Å². The van der Waals surface area contributed by atoms with E-state index in [2.05, 4.69) is 44.1 Å². The van der Waals surface area contributed by atoms with Gasteiger partial charge < -0.3 is 39.5 Å². The summed E-state index contributed by atoms with van der Waals surface area (Å²) in [5.41, 5.74) is 0.337. The Kier molecular flexibility index (Phi) is 17.0. The highest BCUT2D eigenvalue weighted by molar-refractivity contribution is 5.97. The number of carbonyl (C=O) groups excluding carboxylic acids is 1. The van der Waals surface area contributed by atoms with Crippen molar-refractivity contribution >= 4 is 23.7 Å². The van der Waals surface area contributed by atoms with E-state index in [1.54, 1.807) is 19.1 Å². The number of hydrogen-bond acceptors (Lipinski definition) is 12. The molecule has 1 atom stereocenters. The molecule has 0 aliphatic carbocycles. The van der Waals surface area contributed by atoms with Gasteiger partial charge in [0.2, 0.25) is 0 Å². The van der Waals surface area contributed by atoms with Gasteiger partial charge in [-0.25, -0.2) is 19.0 Å². The Morgan fingerprint density at radius 2 is 1.72 bits per heavy atom. The number of carboxylic acids is 2. The Morgan fingerprint density at radius 1 is 1.06 bits per heavy atom. The van der Waals surface area contributed by atoms with Crippen LogP contribution in [-0.2, 0) is 19.1 Å². The van der Waals surface area contributed by atoms with Crippen molar-refractivity contribution in [1.82, 2.24) is 30.3 Å². The first-order chi connectivity index (χ1) is 25.2. The van der Waals surface area contributed by atoms with Gasteiger partial charge in [0.05, 0.1) is 24.8 Å². The van der Waals surface area contributed by atoms with Crippen LogP contribution in [0.2, 0.25) is 0 Å². The first-order valence-electron chi connectivity index (χ1n) is 18.0. The van der Waals surface area contributed by atoms with Crippen molar-refractivity contribution in [2.24, 2.45) is 11.3 Å². The SMILES string of the molecule is CCN(C(=O)c1cc(F)ccc1Oc1nncnc1N1CCC2(C1)CN([C@H](CCCNC(COC)COC)C(C)C)C2)C(C)C.O=C(O)/C=C/C(=O)O. The number of likely N-dealkylation sites (tertiary alicyclic amines) is 1. The Hall–Kier alpha value is -4.25. The van der Waals surface area contributed by atoms with Crippen molar-refractivity contribution < 1.29 is 43.2 Å². The second-order valence-electron chi connectivity index (χ2n) is 14.1. The van der Waals surface area contributed by atoms with E-state index in [0.29, 0.717) is 49.7 Å². The second-order valence-corrected chi connectivity index (χ2v) is 14.1. The van der Waals surface area contributed by atoms with E-state index in [1.807, 2.05) is 20.8 Å². The molecule has 294 valence electrons. The number of carboxylic acid groups (broad SMARTS) is 2. The van der Waals surface area contributed by atoms with Crippen LogP contribution in [0.3, 0.4) is 0 Å². The van der Waals surface area contributed by atoms with E-state index < -0.39 is 17.8 Å². The Bertz CT molecular complexity index is 1500. The number of carbonyl (C=O) groups is 3. The van der Waals surface area contributed by atoms with Gasteiger partial charge in [-0.15, -0.1) is 10.2 Å². The van der Waals surface area contributed by atoms with Crippen molar-refractivity contribution in [2.45, 2.75) is 72.0 Å². The van der Waals surface area contributed by atoms with E-state index in [1.165, 1.54) is 24.5 Å². The van der Waals surface area contributed by atoms with Crippen LogP contribution in [0.1, 0.15) is 64.2 Å². The summed E-state index contributed by atoms with van der Waals surface area (Å²) in [5, 5.41) is 27.4. The Labute approximate surface area is 311 Å². The van der Waals surface area contributed by atoms with Gasteiger partial charge in [-0.3, -0.25) is 9.69 Å². The zero-order valence-electron chi connectivity index (χ0n) is 32.0. The Balaban J connectivity index is 0.000000846. The van der Waals surface area contributed by atoms with Crippen LogP contribution in [-0.4, -0.2) is 138 Å². The number of hydrogen-bond donors (Lipinski definition) is 3. The molecule has 1 aromatic carbocycles. The predicted molar refractivity (Wildman–Crippen MR) is 197 cm³/mol. The minimum atomic E-state index is -1.26. The maximum atomic E-state index is 14.3. The van der Waals surface area contributed by atoms with Crippen LogP contribution in [0.5, 0.6) is 11.6 Å². The second kappa shape index (κ2) is 20.8. The summed E-state index contributed by atoms with van der Waals surface area (Å²) < 4.78 is 31.1. The third-order valence-electron chi connectivity index (χ3n) is 9.44. The third-order valence-corrected chi connectivity index (χ3v) is 9.44. The van der Waals surface area contributed by atoms with E-state index in [4.69, 9.17) is 24.4 Å². The fourth-order valence-corrected chi connectivity index (χ4v) is 6.99. The molecule has 53 heavy (non-hydrogen) atoms. The molecule has 0 bridgehead atoms. The van der Waals surface area contributed by atoms with Crippen molar-refractivity contribution in [3.63, 3.8) is 0 Å². The average molecular weight is 746 g/mol. The molecule has 4 rings (SSSR count). The summed E-state index contributed by atoms with van der Waals surface area (Å²) in [7, 11) is 3.44. The molecule has 1 aromatic heterocycles. The predicted octanol–water partition coefficient (Wildman–Crippen LogP) is 3.95. The number of aliphatic carboxylic acids is 2. The van der Waals surface area contributed by atoms with E-state index >= 15 is 0 Å². The topological polar surface area (TPSA) is 180 Å². The molecule has 3 heterocycles. The molecule has 2 fully saturated rings. The molecular weight excluding hydrogens is 689 g/mol. The number of rotatable bonds is 19. The van der Waals surface area contributed by atoms with E-state index in [0.717, 1.165) is 52.0 Å². The molecular formula is C37H56FN7O8. The number of amides is 1. The van der Waals surface area contributed by atoms with Crippen LogP contribution >= 0.6 is 0 Å². The van der Waals surface area contributed by atoms with Crippen molar-refractivity contribution in [3.8, 4) is 11.6 Å². The molecule has 2 aliphatic rings. The summed E-state index contributed by atoms with van der Waals surface area (Å²) in [6, 6.07) is 4.67. The molecule has 16 heteroatoms. The number of ether oxygens (including phenoxy) is 3. The minimum Gasteiger partial charge on any atom is -0.478 e. The highest BCUT2D eigenvalue weighted by atomic mass is 19.1. The van der Waals surface area contributed by atoms with Crippen molar-refractivity contribution in [2.75, 3.05) is 71.6 Å². The molecule has 2 aromatic rings. The molecule has 0 saturated carbocycles. The lowest BCUT2D eigenvalue weighted by atomic mass is 9.76.